The Morgan fingerprint density at radius 3 is 3.06 bits per heavy atom. The van der Waals surface area contributed by atoms with Crippen molar-refractivity contribution in [1.29, 1.82) is 0 Å². The molecule has 1 aromatic rings. The van der Waals surface area contributed by atoms with Crippen LogP contribution in [0.25, 0.3) is 0 Å². The highest BCUT2D eigenvalue weighted by Gasteiger charge is 2.20. The zero-order valence-corrected chi connectivity index (χ0v) is 9.68. The standard InChI is InChI=1S/C13H20N2O/c16-11-13-6-2-4-9-15(13)10-7-12-5-1-3-8-14-12/h1,3,5,8,13,16H,2,4,6-7,9-11H2. The van der Waals surface area contributed by atoms with Gasteiger partial charge >= 0.3 is 0 Å². The van der Waals surface area contributed by atoms with Gasteiger partial charge in [0.1, 0.15) is 0 Å². The Labute approximate surface area is 97.1 Å². The molecule has 1 saturated heterocycles. The van der Waals surface area contributed by atoms with Crippen LogP contribution in [-0.2, 0) is 6.42 Å². The number of aliphatic hydroxyl groups excluding tert-OH is 1. The molecule has 0 aromatic carbocycles. The van der Waals surface area contributed by atoms with Crippen molar-refractivity contribution in [1.82, 2.24) is 9.88 Å². The summed E-state index contributed by atoms with van der Waals surface area (Å²) in [5.41, 5.74) is 1.14. The fourth-order valence-electron chi connectivity index (χ4n) is 2.37. The van der Waals surface area contributed by atoms with Crippen LogP contribution in [0.5, 0.6) is 0 Å². The first kappa shape index (κ1) is 11.6. The van der Waals surface area contributed by atoms with Gasteiger partial charge in [-0.25, -0.2) is 0 Å². The molecule has 1 N–H and O–H groups in total. The third-order valence-electron chi connectivity index (χ3n) is 3.34. The maximum absolute atomic E-state index is 9.30. The van der Waals surface area contributed by atoms with Gasteiger partial charge in [0.25, 0.3) is 0 Å². The van der Waals surface area contributed by atoms with Crippen LogP contribution in [-0.4, -0.2) is 40.7 Å². The number of aliphatic hydroxyl groups is 1. The largest absolute Gasteiger partial charge is 0.395 e. The Kier molecular flexibility index (Phi) is 4.31. The van der Waals surface area contributed by atoms with E-state index in [-0.39, 0.29) is 0 Å². The number of rotatable bonds is 4. The molecule has 2 heterocycles. The van der Waals surface area contributed by atoms with Gasteiger partial charge < -0.3 is 5.11 Å². The molecular weight excluding hydrogens is 200 g/mol. The molecule has 0 bridgehead atoms. The Balaban J connectivity index is 1.84. The predicted molar refractivity (Wildman–Crippen MR) is 64.2 cm³/mol. The topological polar surface area (TPSA) is 36.4 Å². The summed E-state index contributed by atoms with van der Waals surface area (Å²) in [6.45, 7) is 2.43. The Bertz CT molecular complexity index is 302. The van der Waals surface area contributed by atoms with Gasteiger partial charge in [-0.05, 0) is 31.5 Å². The van der Waals surface area contributed by atoms with E-state index in [1.54, 1.807) is 0 Å². The zero-order valence-electron chi connectivity index (χ0n) is 9.68. The summed E-state index contributed by atoms with van der Waals surface area (Å²) in [5, 5.41) is 9.30. The summed E-state index contributed by atoms with van der Waals surface area (Å²) in [4.78, 5) is 6.73. The van der Waals surface area contributed by atoms with Crippen LogP contribution < -0.4 is 0 Å². The quantitative estimate of drug-likeness (QED) is 0.834. The van der Waals surface area contributed by atoms with E-state index < -0.39 is 0 Å². The molecule has 1 atom stereocenters. The molecule has 1 aliphatic heterocycles. The lowest BCUT2D eigenvalue weighted by Gasteiger charge is -2.34. The number of likely N-dealkylation sites (tertiary alicyclic amines) is 1. The highest BCUT2D eigenvalue weighted by molar-refractivity contribution is 5.03. The highest BCUT2D eigenvalue weighted by atomic mass is 16.3. The fraction of sp³-hybridized carbons (Fsp3) is 0.615. The van der Waals surface area contributed by atoms with Crippen molar-refractivity contribution in [2.45, 2.75) is 31.7 Å². The molecule has 88 valence electrons. The van der Waals surface area contributed by atoms with E-state index in [0.717, 1.165) is 31.6 Å². The van der Waals surface area contributed by atoms with Crippen LogP contribution in [0.4, 0.5) is 0 Å². The zero-order chi connectivity index (χ0) is 11.2. The predicted octanol–water partition coefficient (Wildman–Crippen LogP) is 1.47. The molecule has 0 radical (unpaired) electrons. The molecule has 0 spiro atoms. The molecule has 3 heteroatoms. The van der Waals surface area contributed by atoms with E-state index in [2.05, 4.69) is 16.0 Å². The van der Waals surface area contributed by atoms with E-state index in [4.69, 9.17) is 0 Å². The lowest BCUT2D eigenvalue weighted by molar-refractivity contribution is 0.0911. The molecule has 16 heavy (non-hydrogen) atoms. The van der Waals surface area contributed by atoms with Gasteiger partial charge in [0.05, 0.1) is 6.61 Å². The van der Waals surface area contributed by atoms with Crippen molar-refractivity contribution >= 4 is 0 Å². The molecule has 1 aromatic heterocycles. The smallest absolute Gasteiger partial charge is 0.0586 e. The van der Waals surface area contributed by atoms with Gasteiger partial charge in [0.2, 0.25) is 0 Å². The average Bonchev–Trinajstić information content (AvgIpc) is 2.38. The molecule has 0 amide bonds. The minimum Gasteiger partial charge on any atom is -0.395 e. The van der Waals surface area contributed by atoms with Gasteiger partial charge in [-0.3, -0.25) is 9.88 Å². The van der Waals surface area contributed by atoms with Gasteiger partial charge in [0.15, 0.2) is 0 Å². The third-order valence-corrected chi connectivity index (χ3v) is 3.34. The van der Waals surface area contributed by atoms with Crippen molar-refractivity contribution in [2.75, 3.05) is 19.7 Å². The van der Waals surface area contributed by atoms with E-state index in [9.17, 15) is 5.11 Å². The van der Waals surface area contributed by atoms with Crippen LogP contribution in [0.3, 0.4) is 0 Å². The van der Waals surface area contributed by atoms with E-state index in [1.165, 1.54) is 12.8 Å². The summed E-state index contributed by atoms with van der Waals surface area (Å²) in [5.74, 6) is 0. The van der Waals surface area contributed by atoms with Gasteiger partial charge in [-0.15, -0.1) is 0 Å². The van der Waals surface area contributed by atoms with Crippen molar-refractivity contribution in [2.24, 2.45) is 0 Å². The number of hydrogen-bond acceptors (Lipinski definition) is 3. The Morgan fingerprint density at radius 2 is 2.31 bits per heavy atom. The lowest BCUT2D eigenvalue weighted by atomic mass is 10.0. The van der Waals surface area contributed by atoms with Crippen molar-refractivity contribution in [3.05, 3.63) is 30.1 Å². The molecule has 0 saturated carbocycles. The SMILES string of the molecule is OCC1CCCCN1CCc1ccccn1. The molecule has 1 aliphatic rings. The molecule has 3 nitrogen and oxygen atoms in total. The van der Waals surface area contributed by atoms with Gasteiger partial charge in [-0.1, -0.05) is 12.5 Å². The summed E-state index contributed by atoms with van der Waals surface area (Å²) >= 11 is 0. The van der Waals surface area contributed by atoms with Crippen molar-refractivity contribution in [3.8, 4) is 0 Å². The first-order valence-electron chi connectivity index (χ1n) is 6.15. The van der Waals surface area contributed by atoms with Crippen molar-refractivity contribution in [3.63, 3.8) is 0 Å². The Morgan fingerprint density at radius 1 is 1.38 bits per heavy atom. The van der Waals surface area contributed by atoms with Crippen LogP contribution in [0, 0.1) is 0 Å². The summed E-state index contributed by atoms with van der Waals surface area (Å²) in [6, 6.07) is 6.42. The minimum absolute atomic E-state index is 0.294. The highest BCUT2D eigenvalue weighted by Crippen LogP contribution is 2.16. The second kappa shape index (κ2) is 5.97. The normalized spacial score (nSPS) is 22.2. The molecule has 0 aliphatic carbocycles. The molecule has 1 unspecified atom stereocenters. The first-order chi connectivity index (χ1) is 7.90. The van der Waals surface area contributed by atoms with Crippen LogP contribution in [0.15, 0.2) is 24.4 Å². The lowest BCUT2D eigenvalue weighted by Crippen LogP contribution is -2.42. The number of pyridine rings is 1. The third kappa shape index (κ3) is 3.03. The summed E-state index contributed by atoms with van der Waals surface area (Å²) < 4.78 is 0. The minimum atomic E-state index is 0.294. The number of piperidine rings is 1. The fourth-order valence-corrected chi connectivity index (χ4v) is 2.37. The van der Waals surface area contributed by atoms with E-state index in [0.29, 0.717) is 12.6 Å². The Hall–Kier alpha value is -0.930. The van der Waals surface area contributed by atoms with Crippen LogP contribution in [0.2, 0.25) is 0 Å². The monoisotopic (exact) mass is 220 g/mol. The van der Waals surface area contributed by atoms with Crippen LogP contribution >= 0.6 is 0 Å². The maximum Gasteiger partial charge on any atom is 0.0586 e. The maximum atomic E-state index is 9.30. The number of hydrogen-bond donors (Lipinski definition) is 1. The average molecular weight is 220 g/mol. The molecule has 1 fully saturated rings. The summed E-state index contributed by atoms with van der Waals surface area (Å²) in [6.07, 6.45) is 6.48. The number of aromatic nitrogens is 1. The van der Waals surface area contributed by atoms with E-state index in [1.807, 2.05) is 18.3 Å². The second-order valence-electron chi connectivity index (χ2n) is 4.44. The number of nitrogens with zero attached hydrogens (tertiary/aromatic N) is 2. The van der Waals surface area contributed by atoms with Gasteiger partial charge in [-0.2, -0.15) is 0 Å². The van der Waals surface area contributed by atoms with E-state index >= 15 is 0 Å². The van der Waals surface area contributed by atoms with Gasteiger partial charge in [0, 0.05) is 30.9 Å². The molecular formula is C13H20N2O. The van der Waals surface area contributed by atoms with Crippen LogP contribution in [0.1, 0.15) is 25.0 Å². The summed E-state index contributed by atoms with van der Waals surface area (Å²) in [7, 11) is 0. The second-order valence-corrected chi connectivity index (χ2v) is 4.44. The first-order valence-corrected chi connectivity index (χ1v) is 6.15. The molecule has 2 rings (SSSR count). The van der Waals surface area contributed by atoms with Crippen molar-refractivity contribution < 1.29 is 5.11 Å².